The summed E-state index contributed by atoms with van der Waals surface area (Å²) < 4.78 is 12.5. The standard InChI is InChI=1S/C17H35NO2Si3/c1-21(2,3)18-14-17(20-23(7,8)9)15-10-12-16(13-11-15)19-22(4,5)6/h10-13,17-18H,14H2,1-9H3. The maximum atomic E-state index is 6.43. The van der Waals surface area contributed by atoms with E-state index in [4.69, 9.17) is 8.85 Å². The lowest BCUT2D eigenvalue weighted by molar-refractivity contribution is 0.201. The van der Waals surface area contributed by atoms with E-state index in [1.54, 1.807) is 0 Å². The lowest BCUT2D eigenvalue weighted by atomic mass is 10.1. The van der Waals surface area contributed by atoms with Crippen LogP contribution in [0.3, 0.4) is 0 Å². The van der Waals surface area contributed by atoms with Crippen LogP contribution in [0.25, 0.3) is 0 Å². The monoisotopic (exact) mass is 369 g/mol. The van der Waals surface area contributed by atoms with E-state index < -0.39 is 24.9 Å². The van der Waals surface area contributed by atoms with E-state index in [1.807, 2.05) is 0 Å². The van der Waals surface area contributed by atoms with Crippen molar-refractivity contribution in [3.8, 4) is 5.75 Å². The summed E-state index contributed by atoms with van der Waals surface area (Å²) >= 11 is 0. The maximum absolute atomic E-state index is 6.43. The van der Waals surface area contributed by atoms with Crippen molar-refractivity contribution in [3.05, 3.63) is 29.8 Å². The average molecular weight is 370 g/mol. The van der Waals surface area contributed by atoms with E-state index in [-0.39, 0.29) is 6.10 Å². The zero-order valence-corrected chi connectivity index (χ0v) is 19.4. The third-order valence-corrected chi connectivity index (χ3v) is 6.09. The Morgan fingerprint density at radius 2 is 1.35 bits per heavy atom. The van der Waals surface area contributed by atoms with Crippen LogP contribution in [0.5, 0.6) is 5.75 Å². The van der Waals surface area contributed by atoms with Gasteiger partial charge in [-0.3, -0.25) is 0 Å². The van der Waals surface area contributed by atoms with Crippen molar-refractivity contribution in [3.63, 3.8) is 0 Å². The van der Waals surface area contributed by atoms with Gasteiger partial charge >= 0.3 is 0 Å². The number of benzene rings is 1. The van der Waals surface area contributed by atoms with Crippen molar-refractivity contribution in [1.82, 2.24) is 4.98 Å². The number of hydrogen-bond donors (Lipinski definition) is 1. The van der Waals surface area contributed by atoms with E-state index in [0.717, 1.165) is 12.3 Å². The molecule has 0 aliphatic carbocycles. The van der Waals surface area contributed by atoms with Crippen LogP contribution in [0, 0.1) is 0 Å². The van der Waals surface area contributed by atoms with Crippen LogP contribution in [-0.2, 0) is 4.43 Å². The van der Waals surface area contributed by atoms with Gasteiger partial charge in [0, 0.05) is 6.54 Å². The molecule has 0 bridgehead atoms. The highest BCUT2D eigenvalue weighted by molar-refractivity contribution is 6.73. The van der Waals surface area contributed by atoms with Crippen LogP contribution in [-0.4, -0.2) is 31.4 Å². The van der Waals surface area contributed by atoms with Crippen molar-refractivity contribution in [2.75, 3.05) is 6.54 Å². The van der Waals surface area contributed by atoms with Gasteiger partial charge in [-0.25, -0.2) is 0 Å². The van der Waals surface area contributed by atoms with Gasteiger partial charge in [0.05, 0.1) is 6.10 Å². The summed E-state index contributed by atoms with van der Waals surface area (Å²) in [6.07, 6.45) is 0.120. The molecule has 1 N–H and O–H groups in total. The van der Waals surface area contributed by atoms with Crippen LogP contribution >= 0.6 is 0 Å². The van der Waals surface area contributed by atoms with Crippen LogP contribution < -0.4 is 9.41 Å². The molecule has 6 heteroatoms. The molecule has 0 radical (unpaired) electrons. The van der Waals surface area contributed by atoms with E-state index in [2.05, 4.69) is 88.2 Å². The Hall–Kier alpha value is -0.409. The fraction of sp³-hybridized carbons (Fsp3) is 0.647. The fourth-order valence-corrected chi connectivity index (χ4v) is 4.87. The molecular formula is C17H35NO2Si3. The van der Waals surface area contributed by atoms with Crippen molar-refractivity contribution < 1.29 is 8.85 Å². The van der Waals surface area contributed by atoms with Gasteiger partial charge in [0.1, 0.15) is 14.0 Å². The summed E-state index contributed by atoms with van der Waals surface area (Å²) in [6, 6.07) is 8.49. The number of nitrogens with one attached hydrogen (secondary N) is 1. The normalized spacial score (nSPS) is 14.7. The first kappa shape index (κ1) is 20.6. The van der Waals surface area contributed by atoms with E-state index in [9.17, 15) is 0 Å². The Morgan fingerprint density at radius 3 is 1.74 bits per heavy atom. The molecule has 132 valence electrons. The number of rotatable bonds is 8. The van der Waals surface area contributed by atoms with Crippen molar-refractivity contribution in [2.24, 2.45) is 0 Å². The minimum Gasteiger partial charge on any atom is -0.544 e. The highest BCUT2D eigenvalue weighted by Gasteiger charge is 2.24. The minimum atomic E-state index is -1.60. The molecule has 0 aliphatic rings. The maximum Gasteiger partial charge on any atom is 0.242 e. The van der Waals surface area contributed by atoms with Crippen LogP contribution in [0.1, 0.15) is 11.7 Å². The smallest absolute Gasteiger partial charge is 0.242 e. The van der Waals surface area contributed by atoms with Crippen LogP contribution in [0.2, 0.25) is 58.9 Å². The second-order valence-corrected chi connectivity index (χ2v) is 22.9. The van der Waals surface area contributed by atoms with Crippen molar-refractivity contribution in [1.29, 1.82) is 0 Å². The second kappa shape index (κ2) is 7.65. The molecule has 0 aromatic heterocycles. The lowest BCUT2D eigenvalue weighted by Crippen LogP contribution is -2.45. The predicted octanol–water partition coefficient (Wildman–Crippen LogP) is 5.22. The highest BCUT2D eigenvalue weighted by atomic mass is 28.4. The summed E-state index contributed by atoms with van der Waals surface area (Å²) in [5.74, 6) is 0.970. The molecule has 0 aliphatic heterocycles. The second-order valence-electron chi connectivity index (χ2n) is 9.13. The summed E-state index contributed by atoms with van der Waals surface area (Å²) in [5, 5.41) is 0. The zero-order chi connectivity index (χ0) is 17.9. The third kappa shape index (κ3) is 9.46. The summed E-state index contributed by atoms with van der Waals surface area (Å²) in [6.45, 7) is 21.2. The first-order chi connectivity index (χ1) is 10.3. The van der Waals surface area contributed by atoms with Gasteiger partial charge in [0.15, 0.2) is 8.32 Å². The molecule has 1 aromatic rings. The van der Waals surface area contributed by atoms with Gasteiger partial charge in [-0.1, -0.05) is 31.8 Å². The SMILES string of the molecule is C[Si](C)(C)NCC(O[Si](C)(C)C)c1ccc(O[Si](C)(C)C)cc1. The topological polar surface area (TPSA) is 30.5 Å². The Bertz CT molecular complexity index is 485. The third-order valence-electron chi connectivity index (χ3n) is 2.99. The van der Waals surface area contributed by atoms with Crippen LogP contribution in [0.4, 0.5) is 0 Å². The Balaban J connectivity index is 2.88. The molecule has 23 heavy (non-hydrogen) atoms. The number of hydrogen-bond acceptors (Lipinski definition) is 3. The minimum absolute atomic E-state index is 0.120. The first-order valence-corrected chi connectivity index (χ1v) is 18.8. The largest absolute Gasteiger partial charge is 0.544 e. The van der Waals surface area contributed by atoms with Crippen LogP contribution in [0.15, 0.2) is 24.3 Å². The Labute approximate surface area is 146 Å². The van der Waals surface area contributed by atoms with Gasteiger partial charge in [0.25, 0.3) is 0 Å². The molecule has 1 rings (SSSR count). The molecular weight excluding hydrogens is 334 g/mol. The quantitative estimate of drug-likeness (QED) is 0.637. The summed E-state index contributed by atoms with van der Waals surface area (Å²) in [4.78, 5) is 3.71. The molecule has 0 spiro atoms. The summed E-state index contributed by atoms with van der Waals surface area (Å²) in [7, 11) is -4.46. The average Bonchev–Trinajstić information content (AvgIpc) is 2.31. The predicted molar refractivity (Wildman–Crippen MR) is 109 cm³/mol. The van der Waals surface area contributed by atoms with Gasteiger partial charge in [-0.2, -0.15) is 0 Å². The molecule has 0 saturated heterocycles. The lowest BCUT2D eigenvalue weighted by Gasteiger charge is -2.30. The Morgan fingerprint density at radius 1 is 0.826 bits per heavy atom. The fourth-order valence-electron chi connectivity index (χ4n) is 2.16. The van der Waals surface area contributed by atoms with E-state index >= 15 is 0 Å². The molecule has 0 heterocycles. The summed E-state index contributed by atoms with van der Waals surface area (Å²) in [5.41, 5.74) is 1.24. The molecule has 0 amide bonds. The van der Waals surface area contributed by atoms with Gasteiger partial charge < -0.3 is 13.8 Å². The highest BCUT2D eigenvalue weighted by Crippen LogP contribution is 2.25. The molecule has 0 saturated carbocycles. The molecule has 0 fully saturated rings. The Kier molecular flexibility index (Phi) is 6.86. The molecule has 3 nitrogen and oxygen atoms in total. The van der Waals surface area contributed by atoms with Crippen molar-refractivity contribution >= 4 is 24.9 Å². The van der Waals surface area contributed by atoms with Crippen molar-refractivity contribution in [2.45, 2.75) is 65.0 Å². The molecule has 1 unspecified atom stereocenters. The first-order valence-electron chi connectivity index (χ1n) is 8.47. The van der Waals surface area contributed by atoms with Gasteiger partial charge in [0.2, 0.25) is 8.32 Å². The zero-order valence-electron chi connectivity index (χ0n) is 16.4. The van der Waals surface area contributed by atoms with Gasteiger partial charge in [-0.05, 0) is 57.0 Å². The molecule has 1 atom stereocenters. The van der Waals surface area contributed by atoms with E-state index in [0.29, 0.717) is 0 Å². The van der Waals surface area contributed by atoms with Gasteiger partial charge in [-0.15, -0.1) is 0 Å². The molecule has 1 aromatic carbocycles. The van der Waals surface area contributed by atoms with E-state index in [1.165, 1.54) is 5.56 Å².